The van der Waals surface area contributed by atoms with Crippen LogP contribution in [0.4, 0.5) is 5.95 Å². The zero-order chi connectivity index (χ0) is 13.8. The number of hydrogen-bond donors (Lipinski definition) is 1. The molecule has 7 heteroatoms. The van der Waals surface area contributed by atoms with Crippen molar-refractivity contribution in [2.45, 2.75) is 0 Å². The van der Waals surface area contributed by atoms with Gasteiger partial charge in [0.25, 0.3) is 0 Å². The smallest absolute Gasteiger partial charge is 0.240 e. The molecule has 0 unspecified atom stereocenters. The summed E-state index contributed by atoms with van der Waals surface area (Å²) in [5.74, 6) is 0.949. The van der Waals surface area contributed by atoms with Gasteiger partial charge in [0.1, 0.15) is 17.9 Å². The molecule has 1 aromatic carbocycles. The SMILES string of the molecule is Nc1nnc2cc(OCCN3CCOCC3)ccc2n1. The van der Waals surface area contributed by atoms with E-state index in [-0.39, 0.29) is 5.95 Å². The van der Waals surface area contributed by atoms with Crippen molar-refractivity contribution in [2.75, 3.05) is 45.2 Å². The van der Waals surface area contributed by atoms with Crippen LogP contribution >= 0.6 is 0 Å². The van der Waals surface area contributed by atoms with Gasteiger partial charge in [0.05, 0.1) is 18.7 Å². The van der Waals surface area contributed by atoms with E-state index in [0.29, 0.717) is 12.1 Å². The lowest BCUT2D eigenvalue weighted by atomic mass is 10.3. The first kappa shape index (κ1) is 13.0. The maximum atomic E-state index is 5.74. The van der Waals surface area contributed by atoms with E-state index in [0.717, 1.165) is 44.1 Å². The van der Waals surface area contributed by atoms with Crippen LogP contribution in [-0.4, -0.2) is 59.5 Å². The van der Waals surface area contributed by atoms with Crippen LogP contribution in [0.3, 0.4) is 0 Å². The highest BCUT2D eigenvalue weighted by atomic mass is 16.5. The molecule has 1 fully saturated rings. The number of morpholine rings is 1. The van der Waals surface area contributed by atoms with E-state index >= 15 is 0 Å². The van der Waals surface area contributed by atoms with Gasteiger partial charge in [0.15, 0.2) is 0 Å². The van der Waals surface area contributed by atoms with E-state index in [1.807, 2.05) is 18.2 Å². The number of aromatic nitrogens is 3. The van der Waals surface area contributed by atoms with Gasteiger partial charge in [-0.05, 0) is 12.1 Å². The Kier molecular flexibility index (Phi) is 3.89. The molecule has 1 aliphatic rings. The first-order valence-corrected chi connectivity index (χ1v) is 6.64. The predicted octanol–water partition coefficient (Wildman–Crippen LogP) is 0.318. The fraction of sp³-hybridized carbons (Fsp3) is 0.462. The Bertz CT molecular complexity index is 586. The molecule has 106 valence electrons. The van der Waals surface area contributed by atoms with E-state index in [9.17, 15) is 0 Å². The molecule has 2 heterocycles. The van der Waals surface area contributed by atoms with E-state index in [1.165, 1.54) is 0 Å². The average molecular weight is 275 g/mol. The normalized spacial score (nSPS) is 16.4. The third-order valence-corrected chi connectivity index (χ3v) is 3.22. The summed E-state index contributed by atoms with van der Waals surface area (Å²) in [5, 5.41) is 7.74. The van der Waals surface area contributed by atoms with Crippen LogP contribution < -0.4 is 10.5 Å². The van der Waals surface area contributed by atoms with Crippen molar-refractivity contribution in [3.8, 4) is 5.75 Å². The Morgan fingerprint density at radius 3 is 2.90 bits per heavy atom. The molecule has 3 rings (SSSR count). The minimum atomic E-state index is 0.179. The number of hydrogen-bond acceptors (Lipinski definition) is 7. The second-order valence-electron chi connectivity index (χ2n) is 4.62. The highest BCUT2D eigenvalue weighted by molar-refractivity contribution is 5.75. The summed E-state index contributed by atoms with van der Waals surface area (Å²) in [6.07, 6.45) is 0. The van der Waals surface area contributed by atoms with Gasteiger partial charge in [-0.2, -0.15) is 0 Å². The van der Waals surface area contributed by atoms with Gasteiger partial charge in [-0.3, -0.25) is 4.90 Å². The van der Waals surface area contributed by atoms with Crippen LogP contribution in [0.1, 0.15) is 0 Å². The molecule has 0 bridgehead atoms. The van der Waals surface area contributed by atoms with Crippen molar-refractivity contribution in [2.24, 2.45) is 0 Å². The molecule has 2 aromatic rings. The summed E-state index contributed by atoms with van der Waals surface area (Å²) < 4.78 is 11.0. The molecule has 0 atom stereocenters. The molecule has 0 amide bonds. The fourth-order valence-corrected chi connectivity index (χ4v) is 2.14. The molecule has 0 spiro atoms. The van der Waals surface area contributed by atoms with Gasteiger partial charge in [-0.15, -0.1) is 10.2 Å². The molecule has 1 aliphatic heterocycles. The highest BCUT2D eigenvalue weighted by Gasteiger charge is 2.10. The lowest BCUT2D eigenvalue weighted by Gasteiger charge is -2.26. The molecule has 1 aromatic heterocycles. The van der Waals surface area contributed by atoms with Crippen LogP contribution in [0.2, 0.25) is 0 Å². The number of fused-ring (bicyclic) bond motifs is 1. The monoisotopic (exact) mass is 275 g/mol. The van der Waals surface area contributed by atoms with Crippen molar-refractivity contribution in [1.82, 2.24) is 20.1 Å². The Balaban J connectivity index is 1.58. The standard InChI is InChI=1S/C13H17N5O2/c14-13-15-11-2-1-10(9-12(11)16-17-13)20-8-5-18-3-6-19-7-4-18/h1-2,9H,3-8H2,(H2,14,15,17). The minimum absolute atomic E-state index is 0.179. The first-order chi connectivity index (χ1) is 9.81. The molecular formula is C13H17N5O2. The number of rotatable bonds is 4. The Hall–Kier alpha value is -1.99. The zero-order valence-corrected chi connectivity index (χ0v) is 11.2. The number of nitrogens with zero attached hydrogens (tertiary/aromatic N) is 4. The summed E-state index contributed by atoms with van der Waals surface area (Å²) in [6, 6.07) is 5.54. The van der Waals surface area contributed by atoms with Gasteiger partial charge >= 0.3 is 0 Å². The molecule has 0 aliphatic carbocycles. The number of nitrogen functional groups attached to an aromatic ring is 1. The van der Waals surface area contributed by atoms with E-state index in [4.69, 9.17) is 15.2 Å². The lowest BCUT2D eigenvalue weighted by Crippen LogP contribution is -2.38. The minimum Gasteiger partial charge on any atom is -0.492 e. The molecule has 20 heavy (non-hydrogen) atoms. The van der Waals surface area contributed by atoms with Crippen LogP contribution in [-0.2, 0) is 4.74 Å². The van der Waals surface area contributed by atoms with Crippen LogP contribution in [0.5, 0.6) is 5.75 Å². The Labute approximate surface area is 116 Å². The molecule has 0 saturated carbocycles. The molecular weight excluding hydrogens is 258 g/mol. The predicted molar refractivity (Wildman–Crippen MR) is 74.5 cm³/mol. The fourth-order valence-electron chi connectivity index (χ4n) is 2.14. The largest absolute Gasteiger partial charge is 0.492 e. The summed E-state index contributed by atoms with van der Waals surface area (Å²) in [6.45, 7) is 5.08. The number of benzene rings is 1. The Morgan fingerprint density at radius 1 is 1.20 bits per heavy atom. The third-order valence-electron chi connectivity index (χ3n) is 3.22. The summed E-state index contributed by atoms with van der Waals surface area (Å²) in [5.41, 5.74) is 6.90. The second kappa shape index (κ2) is 5.98. The molecule has 1 saturated heterocycles. The topological polar surface area (TPSA) is 86.4 Å². The van der Waals surface area contributed by atoms with Crippen molar-refractivity contribution in [1.29, 1.82) is 0 Å². The lowest BCUT2D eigenvalue weighted by molar-refractivity contribution is 0.0322. The van der Waals surface area contributed by atoms with Crippen LogP contribution in [0.15, 0.2) is 18.2 Å². The van der Waals surface area contributed by atoms with E-state index in [1.54, 1.807) is 0 Å². The maximum Gasteiger partial charge on any atom is 0.240 e. The second-order valence-corrected chi connectivity index (χ2v) is 4.62. The van der Waals surface area contributed by atoms with Crippen molar-refractivity contribution < 1.29 is 9.47 Å². The summed E-state index contributed by atoms with van der Waals surface area (Å²) >= 11 is 0. The highest BCUT2D eigenvalue weighted by Crippen LogP contribution is 2.17. The summed E-state index contributed by atoms with van der Waals surface area (Å²) in [7, 11) is 0. The van der Waals surface area contributed by atoms with Gasteiger partial charge in [-0.1, -0.05) is 0 Å². The molecule has 7 nitrogen and oxygen atoms in total. The maximum absolute atomic E-state index is 5.74. The molecule has 0 radical (unpaired) electrons. The number of nitrogens with two attached hydrogens (primary N) is 1. The van der Waals surface area contributed by atoms with Crippen molar-refractivity contribution in [3.05, 3.63) is 18.2 Å². The van der Waals surface area contributed by atoms with Gasteiger partial charge in [-0.25, -0.2) is 4.98 Å². The summed E-state index contributed by atoms with van der Waals surface area (Å²) in [4.78, 5) is 6.42. The third kappa shape index (κ3) is 3.12. The average Bonchev–Trinajstić information content (AvgIpc) is 2.48. The van der Waals surface area contributed by atoms with E-state index < -0.39 is 0 Å². The Morgan fingerprint density at radius 2 is 2.05 bits per heavy atom. The zero-order valence-electron chi connectivity index (χ0n) is 11.2. The van der Waals surface area contributed by atoms with Gasteiger partial charge in [0, 0.05) is 25.7 Å². The van der Waals surface area contributed by atoms with Gasteiger partial charge in [0.2, 0.25) is 5.95 Å². The van der Waals surface area contributed by atoms with Crippen molar-refractivity contribution in [3.63, 3.8) is 0 Å². The quantitative estimate of drug-likeness (QED) is 0.859. The van der Waals surface area contributed by atoms with Crippen LogP contribution in [0.25, 0.3) is 11.0 Å². The first-order valence-electron chi connectivity index (χ1n) is 6.64. The van der Waals surface area contributed by atoms with Crippen molar-refractivity contribution >= 4 is 17.0 Å². The van der Waals surface area contributed by atoms with Gasteiger partial charge < -0.3 is 15.2 Å². The number of anilines is 1. The van der Waals surface area contributed by atoms with E-state index in [2.05, 4.69) is 20.1 Å². The van der Waals surface area contributed by atoms with Crippen LogP contribution in [0, 0.1) is 0 Å². The number of ether oxygens (including phenoxy) is 2. The molecule has 2 N–H and O–H groups in total.